The molecule has 1 heterocycles. The quantitative estimate of drug-likeness (QED) is 0.346. The van der Waals surface area contributed by atoms with E-state index in [1.807, 2.05) is 28.8 Å². The van der Waals surface area contributed by atoms with Crippen molar-refractivity contribution in [3.63, 3.8) is 0 Å². The molecule has 0 radical (unpaired) electrons. The van der Waals surface area contributed by atoms with Crippen LogP contribution in [0.2, 0.25) is 0 Å². The van der Waals surface area contributed by atoms with E-state index in [1.165, 1.54) is 0 Å². The Morgan fingerprint density at radius 1 is 0.963 bits per heavy atom. The number of fused-ring (bicyclic) bond motifs is 1. The maximum atomic E-state index is 11.8. The third kappa shape index (κ3) is 4.42. The molecule has 0 bridgehead atoms. The molecular weight excluding hydrogens is 372 g/mol. The van der Waals surface area contributed by atoms with Crippen molar-refractivity contribution in [3.05, 3.63) is 60.4 Å². The number of halogens is 1. The van der Waals surface area contributed by atoms with Gasteiger partial charge in [0.25, 0.3) is 11.8 Å². The van der Waals surface area contributed by atoms with Gasteiger partial charge in [0, 0.05) is 0 Å². The zero-order valence-electron chi connectivity index (χ0n) is 14.2. The standard InChI is InChI=1S/C18H16N4O4.ClH/c19-16(23)9-21-11-22(15-4-2-1-3-14(15)21)13-7-5-12(6-8-13)18(25)26-10-17(20)24;/h1-8,11H,9-10H2,(H3-,19,20,23,24);1H. The normalized spacial score (nSPS) is 10.2. The molecule has 2 aromatic carbocycles. The molecule has 9 heteroatoms. The highest BCUT2D eigenvalue weighted by atomic mass is 35.5. The molecule has 0 saturated heterocycles. The number of ether oxygens (including phenoxy) is 1. The van der Waals surface area contributed by atoms with Gasteiger partial charge in [0.05, 0.1) is 5.56 Å². The lowest BCUT2D eigenvalue weighted by Crippen LogP contribution is -3.00. The summed E-state index contributed by atoms with van der Waals surface area (Å²) < 4.78 is 8.42. The zero-order valence-corrected chi connectivity index (χ0v) is 14.9. The molecule has 0 aliphatic heterocycles. The summed E-state index contributed by atoms with van der Waals surface area (Å²) in [6.45, 7) is -0.402. The van der Waals surface area contributed by atoms with Crippen molar-refractivity contribution >= 4 is 28.8 Å². The number of benzene rings is 2. The van der Waals surface area contributed by atoms with Crippen molar-refractivity contribution < 1.29 is 36.1 Å². The number of hydrogen-bond acceptors (Lipinski definition) is 4. The first kappa shape index (κ1) is 19.9. The Balaban J connectivity index is 0.00000261. The molecule has 0 spiro atoms. The fourth-order valence-electron chi connectivity index (χ4n) is 2.65. The van der Waals surface area contributed by atoms with Crippen LogP contribution in [-0.2, 0) is 20.9 Å². The second-order valence-electron chi connectivity index (χ2n) is 5.66. The van der Waals surface area contributed by atoms with E-state index in [2.05, 4.69) is 0 Å². The molecule has 0 aliphatic carbocycles. The van der Waals surface area contributed by atoms with Gasteiger partial charge in [-0.05, 0) is 36.4 Å². The van der Waals surface area contributed by atoms with Crippen LogP contribution >= 0.6 is 0 Å². The Morgan fingerprint density at radius 3 is 2.26 bits per heavy atom. The summed E-state index contributed by atoms with van der Waals surface area (Å²) in [6.07, 6.45) is 1.77. The number of nitrogens with zero attached hydrogens (tertiary/aromatic N) is 2. The summed E-state index contributed by atoms with van der Waals surface area (Å²) in [5.74, 6) is -1.78. The average molecular weight is 389 g/mol. The fraction of sp³-hybridized carbons (Fsp3) is 0.111. The third-order valence-corrected chi connectivity index (χ3v) is 3.76. The molecule has 2 amide bonds. The number of aromatic nitrogens is 2. The molecule has 0 aliphatic rings. The Kier molecular flexibility index (Phi) is 6.15. The van der Waals surface area contributed by atoms with E-state index in [4.69, 9.17) is 16.2 Å². The van der Waals surface area contributed by atoms with Crippen molar-refractivity contribution in [1.29, 1.82) is 0 Å². The molecule has 1 aromatic heterocycles. The van der Waals surface area contributed by atoms with Gasteiger partial charge in [-0.15, -0.1) is 0 Å². The minimum atomic E-state index is -0.715. The van der Waals surface area contributed by atoms with Gasteiger partial charge in [0.1, 0.15) is 5.69 Å². The number of esters is 1. The van der Waals surface area contributed by atoms with Crippen LogP contribution in [0.15, 0.2) is 54.9 Å². The lowest BCUT2D eigenvalue weighted by Gasteiger charge is -2.03. The van der Waals surface area contributed by atoms with Crippen molar-refractivity contribution in [2.24, 2.45) is 11.5 Å². The van der Waals surface area contributed by atoms with Gasteiger partial charge in [-0.25, -0.2) is 9.36 Å². The number of hydrogen-bond donors (Lipinski definition) is 2. The fourth-order valence-corrected chi connectivity index (χ4v) is 2.65. The first-order chi connectivity index (χ1) is 12.5. The van der Waals surface area contributed by atoms with Crippen LogP contribution in [0.5, 0.6) is 0 Å². The van der Waals surface area contributed by atoms with Crippen molar-refractivity contribution in [3.8, 4) is 5.69 Å². The molecule has 0 fully saturated rings. The summed E-state index contributed by atoms with van der Waals surface area (Å²) in [5.41, 5.74) is 13.1. The molecule has 0 unspecified atom stereocenters. The molecule has 3 aromatic rings. The molecule has 140 valence electrons. The van der Waals surface area contributed by atoms with Gasteiger partial charge < -0.3 is 28.6 Å². The minimum absolute atomic E-state index is 0. The lowest BCUT2D eigenvalue weighted by atomic mass is 10.2. The summed E-state index contributed by atoms with van der Waals surface area (Å²) >= 11 is 0. The zero-order chi connectivity index (χ0) is 18.7. The van der Waals surface area contributed by atoms with Crippen LogP contribution in [-0.4, -0.2) is 29.0 Å². The molecule has 4 N–H and O–H groups in total. The molecule has 27 heavy (non-hydrogen) atoms. The Hall–Kier alpha value is -3.39. The monoisotopic (exact) mass is 388 g/mol. The van der Waals surface area contributed by atoms with E-state index in [0.29, 0.717) is 5.56 Å². The largest absolute Gasteiger partial charge is 1.00 e. The summed E-state index contributed by atoms with van der Waals surface area (Å²) in [6, 6.07) is 14.2. The smallest absolute Gasteiger partial charge is 0.338 e. The van der Waals surface area contributed by atoms with Crippen molar-refractivity contribution in [2.45, 2.75) is 6.54 Å². The Bertz CT molecular complexity index is 998. The second-order valence-corrected chi connectivity index (χ2v) is 5.66. The van der Waals surface area contributed by atoms with E-state index in [1.54, 1.807) is 35.2 Å². The van der Waals surface area contributed by atoms with Crippen molar-refractivity contribution in [1.82, 2.24) is 4.57 Å². The minimum Gasteiger partial charge on any atom is -1.00 e. The van der Waals surface area contributed by atoms with E-state index in [9.17, 15) is 14.4 Å². The third-order valence-electron chi connectivity index (χ3n) is 3.76. The molecule has 3 rings (SSSR count). The number of para-hydroxylation sites is 2. The van der Waals surface area contributed by atoms with Gasteiger partial charge in [0.2, 0.25) is 6.33 Å². The number of imidazole rings is 1. The van der Waals surface area contributed by atoms with Gasteiger partial charge in [0.15, 0.2) is 24.2 Å². The first-order valence-electron chi connectivity index (χ1n) is 7.79. The van der Waals surface area contributed by atoms with Crippen LogP contribution < -0.4 is 28.4 Å². The molecular formula is C18H17ClN4O4. The highest BCUT2D eigenvalue weighted by Crippen LogP contribution is 2.17. The Morgan fingerprint density at radius 2 is 1.63 bits per heavy atom. The van der Waals surface area contributed by atoms with Crippen LogP contribution in [0.25, 0.3) is 16.7 Å². The van der Waals surface area contributed by atoms with Gasteiger partial charge in [-0.1, -0.05) is 12.1 Å². The van der Waals surface area contributed by atoms with Crippen LogP contribution in [0, 0.1) is 0 Å². The number of rotatable bonds is 6. The maximum Gasteiger partial charge on any atom is 0.338 e. The maximum absolute atomic E-state index is 11.8. The van der Waals surface area contributed by atoms with E-state index in [-0.39, 0.29) is 19.0 Å². The second kappa shape index (κ2) is 8.33. The SMILES string of the molecule is NC(=O)COC(=O)c1ccc(-n2c[n+](CC(N)=O)c3ccccc32)cc1.[Cl-]. The summed E-state index contributed by atoms with van der Waals surface area (Å²) in [5, 5.41) is 0. The van der Waals surface area contributed by atoms with E-state index in [0.717, 1.165) is 16.7 Å². The topological polar surface area (TPSA) is 121 Å². The first-order valence-corrected chi connectivity index (χ1v) is 7.79. The van der Waals surface area contributed by atoms with Gasteiger partial charge in [-0.2, -0.15) is 4.57 Å². The van der Waals surface area contributed by atoms with E-state index >= 15 is 0 Å². The predicted molar refractivity (Wildman–Crippen MR) is 92.1 cm³/mol. The summed E-state index contributed by atoms with van der Waals surface area (Å²) in [4.78, 5) is 33.8. The number of carbonyl (C=O) groups excluding carboxylic acids is 3. The van der Waals surface area contributed by atoms with Gasteiger partial charge in [-0.3, -0.25) is 9.59 Å². The highest BCUT2D eigenvalue weighted by molar-refractivity contribution is 5.91. The lowest BCUT2D eigenvalue weighted by molar-refractivity contribution is -0.658. The predicted octanol–water partition coefficient (Wildman–Crippen LogP) is -2.95. The van der Waals surface area contributed by atoms with Crippen LogP contribution in [0.3, 0.4) is 0 Å². The number of primary amides is 2. The number of nitrogens with two attached hydrogens (primary N) is 2. The van der Waals surface area contributed by atoms with Crippen LogP contribution in [0.1, 0.15) is 10.4 Å². The Labute approximate surface area is 160 Å². The van der Waals surface area contributed by atoms with E-state index < -0.39 is 24.4 Å². The number of amides is 2. The van der Waals surface area contributed by atoms with Crippen molar-refractivity contribution in [2.75, 3.05) is 6.61 Å². The van der Waals surface area contributed by atoms with Crippen LogP contribution in [0.4, 0.5) is 0 Å². The highest BCUT2D eigenvalue weighted by Gasteiger charge is 2.18. The van der Waals surface area contributed by atoms with Gasteiger partial charge >= 0.3 is 5.97 Å². The summed E-state index contributed by atoms with van der Waals surface area (Å²) in [7, 11) is 0. The molecule has 0 atom stereocenters. The average Bonchev–Trinajstić information content (AvgIpc) is 2.98. The number of carbonyl (C=O) groups is 3. The molecule has 8 nitrogen and oxygen atoms in total. The molecule has 0 saturated carbocycles.